The first kappa shape index (κ1) is 15.5. The number of carbonyl (C=O) groups is 1. The van der Waals surface area contributed by atoms with Crippen LogP contribution in [0.1, 0.15) is 29.3 Å². The summed E-state index contributed by atoms with van der Waals surface area (Å²) in [7, 11) is 2.08. The molecule has 2 rings (SSSR count). The maximum absolute atomic E-state index is 12.8. The van der Waals surface area contributed by atoms with Crippen molar-refractivity contribution in [3.8, 4) is 11.8 Å². The van der Waals surface area contributed by atoms with E-state index in [1.807, 2.05) is 4.90 Å². The third kappa shape index (κ3) is 3.81. The van der Waals surface area contributed by atoms with Gasteiger partial charge in [-0.2, -0.15) is 0 Å². The van der Waals surface area contributed by atoms with Crippen LogP contribution in [0.5, 0.6) is 0 Å². The van der Waals surface area contributed by atoms with E-state index in [1.54, 1.807) is 18.5 Å². The standard InChI is InChI=1S/C16H21N3O2/c1-13-12-18(2)8-4-9-19(13)16(21)15-6-7-17-11-14(15)5-3-10-20/h6-7,11,13,20H,4,8-10,12H2,1-2H3. The van der Waals surface area contributed by atoms with Gasteiger partial charge in [0.25, 0.3) is 5.91 Å². The lowest BCUT2D eigenvalue weighted by Crippen LogP contribution is -2.42. The number of hydrogen-bond acceptors (Lipinski definition) is 4. The summed E-state index contributed by atoms with van der Waals surface area (Å²) in [6.45, 7) is 4.46. The van der Waals surface area contributed by atoms with Gasteiger partial charge in [-0.1, -0.05) is 11.8 Å². The summed E-state index contributed by atoms with van der Waals surface area (Å²) in [4.78, 5) is 21.0. The Bertz CT molecular complexity index is 562. The van der Waals surface area contributed by atoms with Crippen LogP contribution in [0, 0.1) is 11.8 Å². The largest absolute Gasteiger partial charge is 0.384 e. The molecule has 1 amide bonds. The minimum absolute atomic E-state index is 0.0116. The van der Waals surface area contributed by atoms with Gasteiger partial charge in [0.15, 0.2) is 0 Å². The highest BCUT2D eigenvalue weighted by Crippen LogP contribution is 2.15. The van der Waals surface area contributed by atoms with Crippen molar-refractivity contribution in [1.29, 1.82) is 0 Å². The molecular weight excluding hydrogens is 266 g/mol. The maximum Gasteiger partial charge on any atom is 0.255 e. The van der Waals surface area contributed by atoms with Crippen molar-refractivity contribution in [2.45, 2.75) is 19.4 Å². The molecule has 1 unspecified atom stereocenters. The van der Waals surface area contributed by atoms with Gasteiger partial charge in [-0.05, 0) is 33.0 Å². The number of likely N-dealkylation sites (N-methyl/N-ethyl adjacent to an activating group) is 1. The molecule has 21 heavy (non-hydrogen) atoms. The monoisotopic (exact) mass is 287 g/mol. The van der Waals surface area contributed by atoms with Gasteiger partial charge in [0.1, 0.15) is 6.61 Å². The van der Waals surface area contributed by atoms with Gasteiger partial charge in [0.05, 0.1) is 11.1 Å². The van der Waals surface area contributed by atoms with Gasteiger partial charge >= 0.3 is 0 Å². The fraction of sp³-hybridized carbons (Fsp3) is 0.500. The third-order valence-corrected chi connectivity index (χ3v) is 3.66. The van der Waals surface area contributed by atoms with Crippen LogP contribution in [0.3, 0.4) is 0 Å². The Morgan fingerprint density at radius 3 is 3.10 bits per heavy atom. The SMILES string of the molecule is CC1CN(C)CCCN1C(=O)c1ccncc1C#CCO. The van der Waals surface area contributed by atoms with E-state index < -0.39 is 0 Å². The van der Waals surface area contributed by atoms with Crippen molar-refractivity contribution in [3.05, 3.63) is 29.6 Å². The zero-order valence-corrected chi connectivity index (χ0v) is 12.5. The molecule has 1 fully saturated rings. The highest BCUT2D eigenvalue weighted by Gasteiger charge is 2.26. The highest BCUT2D eigenvalue weighted by atomic mass is 16.2. The summed E-state index contributed by atoms with van der Waals surface area (Å²) < 4.78 is 0. The summed E-state index contributed by atoms with van der Waals surface area (Å²) in [5.74, 6) is 5.37. The van der Waals surface area contributed by atoms with Gasteiger partial charge in [-0.25, -0.2) is 0 Å². The average molecular weight is 287 g/mol. The van der Waals surface area contributed by atoms with E-state index in [9.17, 15) is 4.79 Å². The predicted molar refractivity (Wildman–Crippen MR) is 80.8 cm³/mol. The number of pyridine rings is 1. The molecule has 1 aliphatic heterocycles. The number of amides is 1. The number of carbonyl (C=O) groups excluding carboxylic acids is 1. The number of aliphatic hydroxyl groups is 1. The minimum Gasteiger partial charge on any atom is -0.384 e. The Hall–Kier alpha value is -1.90. The van der Waals surface area contributed by atoms with Crippen molar-refractivity contribution in [2.24, 2.45) is 0 Å². The molecule has 1 aromatic rings. The number of aliphatic hydroxyl groups excluding tert-OH is 1. The maximum atomic E-state index is 12.8. The van der Waals surface area contributed by atoms with Crippen LogP contribution in [0.25, 0.3) is 0 Å². The molecule has 1 saturated heterocycles. The smallest absolute Gasteiger partial charge is 0.255 e. The van der Waals surface area contributed by atoms with Crippen molar-refractivity contribution in [2.75, 3.05) is 33.3 Å². The van der Waals surface area contributed by atoms with Crippen LogP contribution < -0.4 is 0 Å². The Morgan fingerprint density at radius 1 is 1.52 bits per heavy atom. The van der Waals surface area contributed by atoms with Crippen LogP contribution in [0.2, 0.25) is 0 Å². The zero-order valence-electron chi connectivity index (χ0n) is 12.5. The number of hydrogen-bond donors (Lipinski definition) is 1. The highest BCUT2D eigenvalue weighted by molar-refractivity contribution is 5.96. The normalized spacial score (nSPS) is 19.6. The molecule has 1 N–H and O–H groups in total. The van der Waals surface area contributed by atoms with E-state index >= 15 is 0 Å². The van der Waals surface area contributed by atoms with Gasteiger partial charge in [-0.3, -0.25) is 9.78 Å². The minimum atomic E-state index is -0.229. The number of nitrogens with zero attached hydrogens (tertiary/aromatic N) is 3. The second kappa shape index (κ2) is 7.21. The van der Waals surface area contributed by atoms with Gasteiger partial charge < -0.3 is 14.9 Å². The average Bonchev–Trinajstić information content (AvgIpc) is 2.65. The predicted octanol–water partition coefficient (Wildman–Crippen LogP) is 0.592. The lowest BCUT2D eigenvalue weighted by molar-refractivity contribution is 0.0696. The van der Waals surface area contributed by atoms with Crippen LogP contribution in [0.4, 0.5) is 0 Å². The molecule has 0 bridgehead atoms. The number of aromatic nitrogens is 1. The molecule has 112 valence electrons. The summed E-state index contributed by atoms with van der Waals surface area (Å²) in [6, 6.07) is 1.86. The van der Waals surface area contributed by atoms with Crippen LogP contribution in [-0.4, -0.2) is 65.1 Å². The molecule has 1 atom stereocenters. The molecule has 1 aliphatic rings. The van der Waals surface area contributed by atoms with E-state index in [-0.39, 0.29) is 18.6 Å². The number of rotatable bonds is 1. The van der Waals surface area contributed by atoms with E-state index in [0.29, 0.717) is 11.1 Å². The Balaban J connectivity index is 2.27. The summed E-state index contributed by atoms with van der Waals surface area (Å²) in [6.07, 6.45) is 4.14. The van der Waals surface area contributed by atoms with Crippen molar-refractivity contribution in [1.82, 2.24) is 14.8 Å². The van der Waals surface area contributed by atoms with Crippen LogP contribution in [-0.2, 0) is 0 Å². The third-order valence-electron chi connectivity index (χ3n) is 3.66. The molecule has 0 aromatic carbocycles. The Kier molecular flexibility index (Phi) is 5.32. The van der Waals surface area contributed by atoms with Gasteiger partial charge in [-0.15, -0.1) is 0 Å². The summed E-state index contributed by atoms with van der Waals surface area (Å²) >= 11 is 0. The van der Waals surface area contributed by atoms with Crippen LogP contribution in [0.15, 0.2) is 18.5 Å². The van der Waals surface area contributed by atoms with Gasteiger partial charge in [0.2, 0.25) is 0 Å². The molecule has 5 nitrogen and oxygen atoms in total. The van der Waals surface area contributed by atoms with E-state index in [4.69, 9.17) is 5.11 Å². The summed E-state index contributed by atoms with van der Waals surface area (Å²) in [5, 5.41) is 8.82. The van der Waals surface area contributed by atoms with E-state index in [1.165, 1.54) is 0 Å². The van der Waals surface area contributed by atoms with E-state index in [2.05, 4.69) is 35.7 Å². The van der Waals surface area contributed by atoms with Crippen molar-refractivity contribution in [3.63, 3.8) is 0 Å². The molecular formula is C16H21N3O2. The lowest BCUT2D eigenvalue weighted by atomic mass is 10.1. The molecule has 2 heterocycles. The molecule has 0 radical (unpaired) electrons. The van der Waals surface area contributed by atoms with Crippen molar-refractivity contribution < 1.29 is 9.90 Å². The molecule has 5 heteroatoms. The quantitative estimate of drug-likeness (QED) is 0.768. The molecule has 0 saturated carbocycles. The summed E-state index contributed by atoms with van der Waals surface area (Å²) in [5.41, 5.74) is 1.13. The van der Waals surface area contributed by atoms with Crippen LogP contribution >= 0.6 is 0 Å². The van der Waals surface area contributed by atoms with Gasteiger partial charge in [0, 0.05) is 31.5 Å². The lowest BCUT2D eigenvalue weighted by Gasteiger charge is -2.28. The Morgan fingerprint density at radius 2 is 2.33 bits per heavy atom. The zero-order chi connectivity index (χ0) is 15.2. The molecule has 0 spiro atoms. The fourth-order valence-electron chi connectivity index (χ4n) is 2.64. The second-order valence-corrected chi connectivity index (χ2v) is 5.34. The Labute approximate surface area is 125 Å². The topological polar surface area (TPSA) is 56.7 Å². The van der Waals surface area contributed by atoms with Crippen molar-refractivity contribution >= 4 is 5.91 Å². The molecule has 1 aromatic heterocycles. The second-order valence-electron chi connectivity index (χ2n) is 5.34. The molecule has 0 aliphatic carbocycles. The first-order valence-corrected chi connectivity index (χ1v) is 7.16. The first-order valence-electron chi connectivity index (χ1n) is 7.16. The van der Waals surface area contributed by atoms with E-state index in [0.717, 1.165) is 26.1 Å². The first-order chi connectivity index (χ1) is 10.1. The fourth-order valence-corrected chi connectivity index (χ4v) is 2.64.